The molecule has 21 heavy (non-hydrogen) atoms. The van der Waals surface area contributed by atoms with Crippen molar-refractivity contribution >= 4 is 12.0 Å². The SMILES string of the molecule is CC(NC(=O)N1CCC(CC(=O)O)CC1)C1CCOCC1. The Balaban J connectivity index is 1.72. The first-order valence-electron chi connectivity index (χ1n) is 7.91. The third-order valence-corrected chi connectivity index (χ3v) is 4.69. The van der Waals surface area contributed by atoms with Gasteiger partial charge in [0.05, 0.1) is 0 Å². The van der Waals surface area contributed by atoms with Crippen molar-refractivity contribution in [3.05, 3.63) is 0 Å². The zero-order valence-electron chi connectivity index (χ0n) is 12.7. The first kappa shape index (κ1) is 16.1. The lowest BCUT2D eigenvalue weighted by Gasteiger charge is -2.34. The van der Waals surface area contributed by atoms with Crippen molar-refractivity contribution in [2.75, 3.05) is 26.3 Å². The molecule has 6 nitrogen and oxygen atoms in total. The maximum atomic E-state index is 12.2. The summed E-state index contributed by atoms with van der Waals surface area (Å²) in [5.41, 5.74) is 0. The van der Waals surface area contributed by atoms with E-state index in [1.54, 1.807) is 0 Å². The molecule has 2 fully saturated rings. The van der Waals surface area contributed by atoms with Crippen LogP contribution in [0.25, 0.3) is 0 Å². The molecule has 1 atom stereocenters. The van der Waals surface area contributed by atoms with Crippen molar-refractivity contribution < 1.29 is 19.4 Å². The summed E-state index contributed by atoms with van der Waals surface area (Å²) in [6, 6.07) is 0.154. The minimum atomic E-state index is -0.744. The molecule has 2 aliphatic heterocycles. The molecular formula is C15H26N2O4. The van der Waals surface area contributed by atoms with Crippen LogP contribution in [0.1, 0.15) is 39.0 Å². The first-order chi connectivity index (χ1) is 10.1. The Bertz CT molecular complexity index is 361. The summed E-state index contributed by atoms with van der Waals surface area (Å²) >= 11 is 0. The number of nitrogens with one attached hydrogen (secondary N) is 1. The number of rotatable bonds is 4. The van der Waals surface area contributed by atoms with Crippen molar-refractivity contribution in [1.82, 2.24) is 10.2 Å². The van der Waals surface area contributed by atoms with Gasteiger partial charge in [-0.15, -0.1) is 0 Å². The standard InChI is InChI=1S/C15H26N2O4/c1-11(13-4-8-21-9-5-13)16-15(20)17-6-2-12(3-7-17)10-14(18)19/h11-13H,2-10H2,1H3,(H,16,20)(H,18,19). The Hall–Kier alpha value is -1.30. The number of carbonyl (C=O) groups is 2. The largest absolute Gasteiger partial charge is 0.481 e. The smallest absolute Gasteiger partial charge is 0.317 e. The molecule has 2 saturated heterocycles. The fourth-order valence-electron chi connectivity index (χ4n) is 3.21. The first-order valence-corrected chi connectivity index (χ1v) is 7.91. The second-order valence-electron chi connectivity index (χ2n) is 6.22. The lowest BCUT2D eigenvalue weighted by Crippen LogP contribution is -2.49. The molecule has 2 N–H and O–H groups in total. The van der Waals surface area contributed by atoms with Crippen LogP contribution in [-0.4, -0.2) is 54.4 Å². The number of hydrogen-bond acceptors (Lipinski definition) is 3. The fourth-order valence-corrected chi connectivity index (χ4v) is 3.21. The number of nitrogens with zero attached hydrogens (tertiary/aromatic N) is 1. The van der Waals surface area contributed by atoms with Gasteiger partial charge >= 0.3 is 12.0 Å². The Labute approximate surface area is 125 Å². The lowest BCUT2D eigenvalue weighted by molar-refractivity contribution is -0.138. The van der Waals surface area contributed by atoms with Crippen LogP contribution in [0.4, 0.5) is 4.79 Å². The highest BCUT2D eigenvalue weighted by atomic mass is 16.5. The maximum Gasteiger partial charge on any atom is 0.317 e. The topological polar surface area (TPSA) is 78.9 Å². The van der Waals surface area contributed by atoms with Gasteiger partial charge in [0.1, 0.15) is 0 Å². The Morgan fingerprint density at radius 1 is 1.24 bits per heavy atom. The summed E-state index contributed by atoms with van der Waals surface area (Å²) in [6.07, 6.45) is 3.79. The van der Waals surface area contributed by atoms with E-state index in [0.717, 1.165) is 38.9 Å². The number of urea groups is 1. The van der Waals surface area contributed by atoms with Crippen LogP contribution in [-0.2, 0) is 9.53 Å². The predicted molar refractivity (Wildman–Crippen MR) is 78.1 cm³/mol. The van der Waals surface area contributed by atoms with E-state index >= 15 is 0 Å². The van der Waals surface area contributed by atoms with Gasteiger partial charge in [-0.25, -0.2) is 4.79 Å². The van der Waals surface area contributed by atoms with Crippen molar-refractivity contribution in [3.63, 3.8) is 0 Å². The van der Waals surface area contributed by atoms with Crippen LogP contribution >= 0.6 is 0 Å². The molecule has 2 rings (SSSR count). The summed E-state index contributed by atoms with van der Waals surface area (Å²) in [7, 11) is 0. The highest BCUT2D eigenvalue weighted by molar-refractivity contribution is 5.74. The molecule has 0 aromatic carbocycles. The number of amides is 2. The molecule has 0 radical (unpaired) electrons. The van der Waals surface area contributed by atoms with Gasteiger partial charge in [-0.05, 0) is 44.4 Å². The van der Waals surface area contributed by atoms with E-state index in [4.69, 9.17) is 9.84 Å². The van der Waals surface area contributed by atoms with Gasteiger partial charge in [0.25, 0.3) is 0 Å². The van der Waals surface area contributed by atoms with Gasteiger partial charge in [0.15, 0.2) is 0 Å². The second kappa shape index (κ2) is 7.64. The monoisotopic (exact) mass is 298 g/mol. The number of likely N-dealkylation sites (tertiary alicyclic amines) is 1. The second-order valence-corrected chi connectivity index (χ2v) is 6.22. The van der Waals surface area contributed by atoms with Gasteiger partial charge in [-0.1, -0.05) is 0 Å². The fraction of sp³-hybridized carbons (Fsp3) is 0.867. The Kier molecular flexibility index (Phi) is 5.85. The Morgan fingerprint density at radius 3 is 2.43 bits per heavy atom. The number of aliphatic carboxylic acids is 1. The van der Waals surface area contributed by atoms with Gasteiger partial charge in [-0.2, -0.15) is 0 Å². The summed E-state index contributed by atoms with van der Waals surface area (Å²) in [4.78, 5) is 24.8. The molecule has 2 aliphatic rings. The maximum absolute atomic E-state index is 12.2. The van der Waals surface area contributed by atoms with Crippen molar-refractivity contribution in [2.24, 2.45) is 11.8 Å². The van der Waals surface area contributed by atoms with Crippen LogP contribution in [0.15, 0.2) is 0 Å². The molecule has 2 amide bonds. The molecule has 1 unspecified atom stereocenters. The van der Waals surface area contributed by atoms with Gasteiger partial charge in [0, 0.05) is 38.8 Å². The number of carboxylic acid groups (broad SMARTS) is 1. The Morgan fingerprint density at radius 2 is 1.86 bits per heavy atom. The van der Waals surface area contributed by atoms with Crippen LogP contribution < -0.4 is 5.32 Å². The van der Waals surface area contributed by atoms with Gasteiger partial charge < -0.3 is 20.1 Å². The van der Waals surface area contributed by atoms with E-state index in [-0.39, 0.29) is 24.4 Å². The van der Waals surface area contributed by atoms with Crippen LogP contribution in [0.2, 0.25) is 0 Å². The van der Waals surface area contributed by atoms with E-state index in [2.05, 4.69) is 12.2 Å². The normalized spacial score (nSPS) is 22.8. The summed E-state index contributed by atoms with van der Waals surface area (Å²) in [6.45, 7) is 4.94. The van der Waals surface area contributed by atoms with Crippen LogP contribution in [0, 0.1) is 11.8 Å². The minimum Gasteiger partial charge on any atom is -0.481 e. The average Bonchev–Trinajstić information content (AvgIpc) is 2.48. The highest BCUT2D eigenvalue weighted by Gasteiger charge is 2.27. The predicted octanol–water partition coefficient (Wildman–Crippen LogP) is 1.70. The van der Waals surface area contributed by atoms with E-state index < -0.39 is 5.97 Å². The van der Waals surface area contributed by atoms with Crippen LogP contribution in [0.3, 0.4) is 0 Å². The molecule has 0 aliphatic carbocycles. The molecule has 0 spiro atoms. The number of carbonyl (C=O) groups excluding carboxylic acids is 1. The van der Waals surface area contributed by atoms with Gasteiger partial charge in [0.2, 0.25) is 0 Å². The van der Waals surface area contributed by atoms with E-state index in [1.807, 2.05) is 4.90 Å². The number of hydrogen-bond donors (Lipinski definition) is 2. The third kappa shape index (κ3) is 4.88. The van der Waals surface area contributed by atoms with Crippen LogP contribution in [0.5, 0.6) is 0 Å². The molecule has 120 valence electrons. The van der Waals surface area contributed by atoms with Gasteiger partial charge in [-0.3, -0.25) is 4.79 Å². The quantitative estimate of drug-likeness (QED) is 0.828. The lowest BCUT2D eigenvalue weighted by atomic mass is 9.92. The minimum absolute atomic E-state index is 0.0113. The summed E-state index contributed by atoms with van der Waals surface area (Å²) < 4.78 is 5.34. The summed E-state index contributed by atoms with van der Waals surface area (Å²) in [5.74, 6) is -0.0437. The number of piperidine rings is 1. The molecule has 2 heterocycles. The van der Waals surface area contributed by atoms with Crippen molar-refractivity contribution in [2.45, 2.75) is 45.1 Å². The number of carboxylic acids is 1. The van der Waals surface area contributed by atoms with E-state index in [1.165, 1.54) is 0 Å². The molecule has 6 heteroatoms. The number of ether oxygens (including phenoxy) is 1. The molecule has 0 bridgehead atoms. The van der Waals surface area contributed by atoms with Crippen molar-refractivity contribution in [3.8, 4) is 0 Å². The van der Waals surface area contributed by atoms with E-state index in [9.17, 15) is 9.59 Å². The molecular weight excluding hydrogens is 272 g/mol. The third-order valence-electron chi connectivity index (χ3n) is 4.69. The van der Waals surface area contributed by atoms with E-state index in [0.29, 0.717) is 19.0 Å². The van der Waals surface area contributed by atoms with Crippen molar-refractivity contribution in [1.29, 1.82) is 0 Å². The summed E-state index contributed by atoms with van der Waals surface area (Å²) in [5, 5.41) is 11.9. The molecule has 0 aromatic rings. The molecule has 0 saturated carbocycles. The zero-order valence-corrected chi connectivity index (χ0v) is 12.7. The average molecular weight is 298 g/mol. The molecule has 0 aromatic heterocycles. The zero-order chi connectivity index (χ0) is 15.2. The highest BCUT2D eigenvalue weighted by Crippen LogP contribution is 2.22.